The zero-order chi connectivity index (χ0) is 13.8. The number of carbonyl (C=O) groups excluding carboxylic acids is 1. The van der Waals surface area contributed by atoms with Gasteiger partial charge in [-0.2, -0.15) is 0 Å². The molecular weight excluding hydrogens is 280 g/mol. The Morgan fingerprint density at radius 1 is 1.47 bits per heavy atom. The minimum atomic E-state index is -0.387. The zero-order valence-corrected chi connectivity index (χ0v) is 12.1. The van der Waals surface area contributed by atoms with Gasteiger partial charge in [0.2, 0.25) is 5.91 Å². The van der Waals surface area contributed by atoms with Crippen molar-refractivity contribution in [3.8, 4) is 0 Å². The Balaban J connectivity index is 1.98. The van der Waals surface area contributed by atoms with Crippen LogP contribution in [0.4, 0.5) is 0 Å². The lowest BCUT2D eigenvalue weighted by atomic mass is 10.1. The van der Waals surface area contributed by atoms with Gasteiger partial charge >= 0.3 is 0 Å². The van der Waals surface area contributed by atoms with Gasteiger partial charge in [0.15, 0.2) is 0 Å². The van der Waals surface area contributed by atoms with Crippen LogP contribution < -0.4 is 11.1 Å². The number of nitrogens with two attached hydrogens (primary N) is 1. The van der Waals surface area contributed by atoms with E-state index in [4.69, 9.17) is 17.3 Å². The van der Waals surface area contributed by atoms with E-state index in [1.807, 2.05) is 30.3 Å². The van der Waals surface area contributed by atoms with E-state index >= 15 is 0 Å². The third-order valence-electron chi connectivity index (χ3n) is 2.89. The molecule has 2 aromatic rings. The van der Waals surface area contributed by atoms with Gasteiger partial charge < -0.3 is 11.1 Å². The molecule has 1 atom stereocenters. The number of thiophene rings is 1. The van der Waals surface area contributed by atoms with Gasteiger partial charge in [0.1, 0.15) is 0 Å². The summed E-state index contributed by atoms with van der Waals surface area (Å²) in [4.78, 5) is 12.1. The molecule has 0 aliphatic carbocycles. The first kappa shape index (κ1) is 14.1. The van der Waals surface area contributed by atoms with Crippen LogP contribution in [0.5, 0.6) is 0 Å². The summed E-state index contributed by atoms with van der Waals surface area (Å²) in [6.07, 6.45) is 0. The normalized spacial score (nSPS) is 12.3. The Morgan fingerprint density at radius 3 is 2.84 bits per heavy atom. The van der Waals surface area contributed by atoms with Crippen molar-refractivity contribution in [2.75, 3.05) is 0 Å². The number of amides is 1. The van der Waals surface area contributed by atoms with Crippen LogP contribution in [0.15, 0.2) is 35.7 Å². The third kappa shape index (κ3) is 3.56. The number of rotatable bonds is 5. The van der Waals surface area contributed by atoms with Crippen LogP contribution in [0.25, 0.3) is 0 Å². The van der Waals surface area contributed by atoms with Crippen molar-refractivity contribution in [2.24, 2.45) is 5.73 Å². The Bertz CT molecular complexity index is 582. The van der Waals surface area contributed by atoms with Crippen LogP contribution in [-0.4, -0.2) is 5.91 Å². The SMILES string of the molecule is C[C@H](NCc1cc(C(N)=O)cs1)c1ccccc1Cl. The summed E-state index contributed by atoms with van der Waals surface area (Å²) in [5.74, 6) is -0.387. The maximum Gasteiger partial charge on any atom is 0.249 e. The molecule has 2 rings (SSSR count). The summed E-state index contributed by atoms with van der Waals surface area (Å²) in [5.41, 5.74) is 6.85. The first-order valence-electron chi connectivity index (χ1n) is 5.93. The lowest BCUT2D eigenvalue weighted by Gasteiger charge is -2.14. The van der Waals surface area contributed by atoms with Gasteiger partial charge in [-0.3, -0.25) is 4.79 Å². The largest absolute Gasteiger partial charge is 0.366 e. The average Bonchev–Trinajstić information content (AvgIpc) is 2.85. The van der Waals surface area contributed by atoms with Crippen LogP contribution >= 0.6 is 22.9 Å². The van der Waals surface area contributed by atoms with E-state index < -0.39 is 0 Å². The molecule has 5 heteroatoms. The minimum absolute atomic E-state index is 0.146. The molecule has 0 aliphatic rings. The fourth-order valence-electron chi connectivity index (χ4n) is 1.79. The molecule has 19 heavy (non-hydrogen) atoms. The Morgan fingerprint density at radius 2 is 2.21 bits per heavy atom. The van der Waals surface area contributed by atoms with Gasteiger partial charge in [-0.05, 0) is 24.6 Å². The van der Waals surface area contributed by atoms with Crippen LogP contribution in [0.1, 0.15) is 33.8 Å². The van der Waals surface area contributed by atoms with Crippen molar-refractivity contribution in [2.45, 2.75) is 19.5 Å². The van der Waals surface area contributed by atoms with Crippen LogP contribution in [0, 0.1) is 0 Å². The van der Waals surface area contributed by atoms with Gasteiger partial charge in [-0.25, -0.2) is 0 Å². The summed E-state index contributed by atoms with van der Waals surface area (Å²) in [7, 11) is 0. The van der Waals surface area contributed by atoms with E-state index in [2.05, 4.69) is 12.2 Å². The quantitative estimate of drug-likeness (QED) is 0.888. The molecule has 3 N–H and O–H groups in total. The highest BCUT2D eigenvalue weighted by molar-refractivity contribution is 7.10. The van der Waals surface area contributed by atoms with Crippen molar-refractivity contribution < 1.29 is 4.79 Å². The lowest BCUT2D eigenvalue weighted by Crippen LogP contribution is -2.17. The predicted molar refractivity (Wildman–Crippen MR) is 79.5 cm³/mol. The number of carbonyl (C=O) groups is 1. The Kier molecular flexibility index (Phi) is 4.58. The first-order chi connectivity index (χ1) is 9.08. The Labute approximate surface area is 121 Å². The van der Waals surface area contributed by atoms with Crippen LogP contribution in [0.3, 0.4) is 0 Å². The maximum atomic E-state index is 11.0. The second-order valence-corrected chi connectivity index (χ2v) is 5.69. The summed E-state index contributed by atoms with van der Waals surface area (Å²) in [5, 5.41) is 5.92. The molecule has 0 bridgehead atoms. The molecule has 0 aliphatic heterocycles. The van der Waals surface area contributed by atoms with Gasteiger partial charge in [-0.15, -0.1) is 11.3 Å². The van der Waals surface area contributed by atoms with E-state index in [9.17, 15) is 4.79 Å². The lowest BCUT2D eigenvalue weighted by molar-refractivity contribution is 0.100. The molecule has 0 fully saturated rings. The molecule has 1 aromatic heterocycles. The van der Waals surface area contributed by atoms with Crippen molar-refractivity contribution in [3.05, 3.63) is 56.7 Å². The van der Waals surface area contributed by atoms with Crippen molar-refractivity contribution in [1.29, 1.82) is 0 Å². The number of hydrogen-bond acceptors (Lipinski definition) is 3. The van der Waals surface area contributed by atoms with E-state index in [0.29, 0.717) is 12.1 Å². The standard InChI is InChI=1S/C14H15ClN2OS/c1-9(12-4-2-3-5-13(12)15)17-7-11-6-10(8-19-11)14(16)18/h2-6,8-9,17H,7H2,1H3,(H2,16,18)/t9-/m0/s1. The number of primary amides is 1. The number of benzene rings is 1. The second kappa shape index (κ2) is 6.19. The highest BCUT2D eigenvalue weighted by atomic mass is 35.5. The Hall–Kier alpha value is -1.36. The second-order valence-electron chi connectivity index (χ2n) is 4.29. The van der Waals surface area contributed by atoms with E-state index in [1.165, 1.54) is 11.3 Å². The summed E-state index contributed by atoms with van der Waals surface area (Å²) in [6.45, 7) is 2.74. The van der Waals surface area contributed by atoms with Crippen LogP contribution in [0.2, 0.25) is 5.02 Å². The molecule has 0 unspecified atom stereocenters. The van der Waals surface area contributed by atoms with Crippen molar-refractivity contribution >= 4 is 28.8 Å². The van der Waals surface area contributed by atoms with Crippen LogP contribution in [-0.2, 0) is 6.54 Å². The summed E-state index contributed by atoms with van der Waals surface area (Å²) >= 11 is 7.67. The summed E-state index contributed by atoms with van der Waals surface area (Å²) in [6, 6.07) is 9.73. The minimum Gasteiger partial charge on any atom is -0.366 e. The molecule has 1 aromatic carbocycles. The first-order valence-corrected chi connectivity index (χ1v) is 7.18. The fourth-order valence-corrected chi connectivity index (χ4v) is 2.92. The van der Waals surface area contributed by atoms with Gasteiger partial charge in [0.05, 0.1) is 5.56 Å². The number of hydrogen-bond donors (Lipinski definition) is 2. The topological polar surface area (TPSA) is 55.1 Å². The highest BCUT2D eigenvalue weighted by Crippen LogP contribution is 2.23. The highest BCUT2D eigenvalue weighted by Gasteiger charge is 2.10. The maximum absolute atomic E-state index is 11.0. The van der Waals surface area contributed by atoms with E-state index in [0.717, 1.165) is 15.5 Å². The zero-order valence-electron chi connectivity index (χ0n) is 10.5. The summed E-state index contributed by atoms with van der Waals surface area (Å²) < 4.78 is 0. The third-order valence-corrected chi connectivity index (χ3v) is 4.17. The van der Waals surface area contributed by atoms with Gasteiger partial charge in [0, 0.05) is 27.9 Å². The fraction of sp³-hybridized carbons (Fsp3) is 0.214. The molecule has 0 saturated carbocycles. The molecule has 1 amide bonds. The van der Waals surface area contributed by atoms with Gasteiger partial charge in [-0.1, -0.05) is 29.8 Å². The molecule has 3 nitrogen and oxygen atoms in total. The predicted octanol–water partition coefficient (Wildman–Crippen LogP) is 3.35. The molecule has 1 heterocycles. The number of nitrogens with one attached hydrogen (secondary N) is 1. The van der Waals surface area contributed by atoms with Crippen molar-refractivity contribution in [1.82, 2.24) is 5.32 Å². The average molecular weight is 295 g/mol. The van der Waals surface area contributed by atoms with E-state index in [-0.39, 0.29) is 11.9 Å². The van der Waals surface area contributed by atoms with Gasteiger partial charge in [0.25, 0.3) is 0 Å². The molecule has 0 radical (unpaired) electrons. The molecule has 0 spiro atoms. The molecule has 0 saturated heterocycles. The van der Waals surface area contributed by atoms with Crippen molar-refractivity contribution in [3.63, 3.8) is 0 Å². The van der Waals surface area contributed by atoms with E-state index in [1.54, 1.807) is 5.38 Å². The smallest absolute Gasteiger partial charge is 0.249 e. The molecular formula is C14H15ClN2OS. The monoisotopic (exact) mass is 294 g/mol. The molecule has 100 valence electrons. The number of halogens is 1.